The Labute approximate surface area is 192 Å². The van der Waals surface area contributed by atoms with Crippen LogP contribution >= 0.6 is 11.3 Å². The van der Waals surface area contributed by atoms with E-state index in [-0.39, 0.29) is 50.0 Å². The number of halogens is 2. The smallest absolute Gasteiger partial charge is 0.332 e. The van der Waals surface area contributed by atoms with Crippen molar-refractivity contribution >= 4 is 27.6 Å². The van der Waals surface area contributed by atoms with Crippen LogP contribution in [0.2, 0.25) is 0 Å². The fourth-order valence-electron chi connectivity index (χ4n) is 4.38. The lowest BCUT2D eigenvalue weighted by Gasteiger charge is -2.35. The van der Waals surface area contributed by atoms with Crippen LogP contribution in [0, 0.1) is 12.8 Å². The number of thiophene rings is 1. The van der Waals surface area contributed by atoms with Crippen molar-refractivity contribution < 1.29 is 23.0 Å². The van der Waals surface area contributed by atoms with E-state index in [0.717, 1.165) is 12.8 Å². The molecule has 2 aliphatic carbocycles. The molecule has 0 spiro atoms. The molecule has 2 heterocycles. The molecular formula is C21H28F2N4O5S. The van der Waals surface area contributed by atoms with Gasteiger partial charge in [-0.05, 0) is 31.2 Å². The van der Waals surface area contributed by atoms with Gasteiger partial charge in [-0.1, -0.05) is 0 Å². The van der Waals surface area contributed by atoms with Crippen LogP contribution in [-0.2, 0) is 22.6 Å². The van der Waals surface area contributed by atoms with Gasteiger partial charge in [0, 0.05) is 44.5 Å². The number of aryl methyl sites for hydroxylation is 1. The van der Waals surface area contributed by atoms with Crippen molar-refractivity contribution in [1.82, 2.24) is 14.0 Å². The van der Waals surface area contributed by atoms with Gasteiger partial charge in [-0.25, -0.2) is 18.4 Å². The quantitative estimate of drug-likeness (QED) is 0.548. The molecule has 0 aromatic carbocycles. The number of alkyl halides is 2. The molecule has 33 heavy (non-hydrogen) atoms. The van der Waals surface area contributed by atoms with Crippen molar-refractivity contribution in [2.24, 2.45) is 11.7 Å². The summed E-state index contributed by atoms with van der Waals surface area (Å²) in [7, 11) is 2.89. The first-order valence-electron chi connectivity index (χ1n) is 10.8. The van der Waals surface area contributed by atoms with Crippen LogP contribution in [0.5, 0.6) is 0 Å². The number of rotatable bonds is 9. The number of carbonyl (C=O) groups is 1. The number of urea groups is 1. The molecule has 4 rings (SSSR count). The molecule has 0 unspecified atom stereocenters. The number of amides is 2. The van der Waals surface area contributed by atoms with Gasteiger partial charge in [0.2, 0.25) is 5.92 Å². The predicted octanol–water partition coefficient (Wildman–Crippen LogP) is 2.41. The van der Waals surface area contributed by atoms with Gasteiger partial charge < -0.3 is 20.1 Å². The molecule has 0 atom stereocenters. The molecule has 2 aromatic rings. The van der Waals surface area contributed by atoms with Crippen LogP contribution in [0.3, 0.4) is 0 Å². The number of nitrogens with zero attached hydrogens (tertiary/aromatic N) is 3. The lowest BCUT2D eigenvalue weighted by Crippen LogP contribution is -2.44. The van der Waals surface area contributed by atoms with E-state index in [1.165, 1.54) is 39.6 Å². The number of primary amides is 1. The average Bonchev–Trinajstić information content (AvgIpc) is 3.50. The van der Waals surface area contributed by atoms with Crippen molar-refractivity contribution in [2.75, 3.05) is 20.8 Å². The summed E-state index contributed by atoms with van der Waals surface area (Å²) >= 11 is 1.22. The maximum Gasteiger partial charge on any atom is 0.332 e. The minimum atomic E-state index is -2.70. The van der Waals surface area contributed by atoms with Gasteiger partial charge in [0.15, 0.2) is 6.29 Å². The zero-order valence-electron chi connectivity index (χ0n) is 18.8. The number of fused-ring (bicyclic) bond motifs is 1. The summed E-state index contributed by atoms with van der Waals surface area (Å²) in [6, 6.07) is -0.840. The second kappa shape index (κ2) is 8.80. The van der Waals surface area contributed by atoms with Crippen molar-refractivity contribution in [3.05, 3.63) is 31.3 Å². The predicted molar refractivity (Wildman–Crippen MR) is 119 cm³/mol. The van der Waals surface area contributed by atoms with Crippen LogP contribution in [0.25, 0.3) is 10.2 Å². The van der Waals surface area contributed by atoms with Gasteiger partial charge in [0.1, 0.15) is 4.83 Å². The fourth-order valence-corrected chi connectivity index (χ4v) is 5.69. The first-order chi connectivity index (χ1) is 15.6. The van der Waals surface area contributed by atoms with E-state index in [9.17, 15) is 23.2 Å². The number of hydrogen-bond acceptors (Lipinski definition) is 6. The molecular weight excluding hydrogens is 458 g/mol. The third kappa shape index (κ3) is 4.56. The molecule has 0 aliphatic heterocycles. The maximum absolute atomic E-state index is 13.4. The van der Waals surface area contributed by atoms with Crippen molar-refractivity contribution in [1.29, 1.82) is 0 Å². The monoisotopic (exact) mass is 486 g/mol. The lowest BCUT2D eigenvalue weighted by atomic mass is 9.81. The number of methoxy groups -OCH3 is 2. The molecule has 2 amide bonds. The Balaban J connectivity index is 1.77. The molecule has 0 saturated heterocycles. The van der Waals surface area contributed by atoms with Gasteiger partial charge in [0.25, 0.3) is 5.56 Å². The molecule has 0 bridgehead atoms. The molecule has 2 aromatic heterocycles. The van der Waals surface area contributed by atoms with Crippen LogP contribution in [0.4, 0.5) is 13.6 Å². The largest absolute Gasteiger partial charge is 0.354 e. The number of ether oxygens (including phenoxy) is 2. The minimum absolute atomic E-state index is 0.0757. The van der Waals surface area contributed by atoms with Crippen molar-refractivity contribution in [2.45, 2.75) is 64.0 Å². The molecule has 12 heteroatoms. The lowest BCUT2D eigenvalue weighted by molar-refractivity contribution is -0.114. The van der Waals surface area contributed by atoms with Crippen LogP contribution in [-0.4, -0.2) is 53.0 Å². The van der Waals surface area contributed by atoms with Gasteiger partial charge in [0.05, 0.1) is 18.5 Å². The Morgan fingerprint density at radius 1 is 1.27 bits per heavy atom. The minimum Gasteiger partial charge on any atom is -0.354 e. The third-order valence-electron chi connectivity index (χ3n) is 6.41. The molecule has 2 fully saturated rings. The Kier molecular flexibility index (Phi) is 6.36. The highest BCUT2D eigenvalue weighted by Gasteiger charge is 2.45. The fraction of sp³-hybridized carbons (Fsp3) is 0.667. The molecule has 0 radical (unpaired) electrons. The summed E-state index contributed by atoms with van der Waals surface area (Å²) in [6.45, 7) is 2.07. The zero-order chi connectivity index (χ0) is 24.1. The maximum atomic E-state index is 13.4. The Bertz CT molecular complexity index is 1170. The van der Waals surface area contributed by atoms with Gasteiger partial charge in [-0.3, -0.25) is 13.9 Å². The van der Waals surface area contributed by atoms with Crippen LogP contribution in [0.1, 0.15) is 42.2 Å². The number of nitrogens with two attached hydrogens (primary N) is 1. The first kappa shape index (κ1) is 23.8. The first-order valence-corrected chi connectivity index (χ1v) is 11.6. The summed E-state index contributed by atoms with van der Waals surface area (Å²) in [5, 5.41) is 0.395. The van der Waals surface area contributed by atoms with Gasteiger partial charge in [-0.15, -0.1) is 11.3 Å². The second-order valence-corrected chi connectivity index (χ2v) is 9.96. The number of hydrogen-bond donors (Lipinski definition) is 1. The van der Waals surface area contributed by atoms with E-state index < -0.39 is 23.9 Å². The molecule has 2 N–H and O–H groups in total. The van der Waals surface area contributed by atoms with Crippen LogP contribution in [0.15, 0.2) is 9.59 Å². The van der Waals surface area contributed by atoms with E-state index in [1.54, 1.807) is 6.92 Å². The Morgan fingerprint density at radius 3 is 2.42 bits per heavy atom. The highest BCUT2D eigenvalue weighted by atomic mass is 32.1. The summed E-state index contributed by atoms with van der Waals surface area (Å²) in [5.74, 6) is -3.03. The van der Waals surface area contributed by atoms with Crippen molar-refractivity contribution in [3.63, 3.8) is 0 Å². The topological polar surface area (TPSA) is 109 Å². The highest BCUT2D eigenvalue weighted by Crippen LogP contribution is 2.43. The summed E-state index contributed by atoms with van der Waals surface area (Å²) in [5.41, 5.74) is 5.38. The van der Waals surface area contributed by atoms with E-state index >= 15 is 0 Å². The number of aromatic nitrogens is 2. The third-order valence-corrected chi connectivity index (χ3v) is 7.71. The Morgan fingerprint density at radius 2 is 1.91 bits per heavy atom. The second-order valence-electron chi connectivity index (χ2n) is 8.88. The summed E-state index contributed by atoms with van der Waals surface area (Å²) < 4.78 is 39.9. The van der Waals surface area contributed by atoms with E-state index in [2.05, 4.69) is 0 Å². The average molecular weight is 487 g/mol. The van der Waals surface area contributed by atoms with Gasteiger partial charge >= 0.3 is 11.7 Å². The zero-order valence-corrected chi connectivity index (χ0v) is 19.6. The standard InChI is InChI=1S/C21H28F2N4O5S/c1-11-14(9-25(19(24)29)10-15(31-2)32-3)33-18-16(11)17(28)27(13-4-5-13)20(30)26(18)8-12-6-21(22,23)7-12/h12-13,15H,4-10H2,1-3H3,(H2,24,29). The molecule has 2 aliphatic rings. The SMILES string of the molecule is COC(CN(Cc1sc2c(c1C)c(=O)n(C1CC1)c(=O)n2CC1CC(F)(F)C1)C(N)=O)OC. The van der Waals surface area contributed by atoms with E-state index in [4.69, 9.17) is 15.2 Å². The van der Waals surface area contributed by atoms with Crippen molar-refractivity contribution in [3.8, 4) is 0 Å². The van der Waals surface area contributed by atoms with E-state index in [0.29, 0.717) is 20.7 Å². The van der Waals surface area contributed by atoms with Crippen LogP contribution < -0.4 is 17.0 Å². The molecule has 182 valence electrons. The van der Waals surface area contributed by atoms with E-state index in [1.807, 2.05) is 0 Å². The molecule has 2 saturated carbocycles. The molecule has 9 nitrogen and oxygen atoms in total. The Hall–Kier alpha value is -2.31. The highest BCUT2D eigenvalue weighted by molar-refractivity contribution is 7.18. The normalized spacial score (nSPS) is 18.1. The summed E-state index contributed by atoms with van der Waals surface area (Å²) in [4.78, 5) is 41.0. The summed E-state index contributed by atoms with van der Waals surface area (Å²) in [6.07, 6.45) is 0.251. The number of carbonyl (C=O) groups excluding carboxylic acids is 1. The van der Waals surface area contributed by atoms with Gasteiger partial charge in [-0.2, -0.15) is 0 Å².